The van der Waals surface area contributed by atoms with Crippen LogP contribution >= 0.6 is 0 Å². The predicted octanol–water partition coefficient (Wildman–Crippen LogP) is 3.48. The summed E-state index contributed by atoms with van der Waals surface area (Å²) in [6, 6.07) is 9.42. The molecule has 4 rings (SSSR count). The van der Waals surface area contributed by atoms with Crippen molar-refractivity contribution in [3.05, 3.63) is 47.9 Å². The third kappa shape index (κ3) is 5.86. The van der Waals surface area contributed by atoms with Gasteiger partial charge in [-0.3, -0.25) is 9.36 Å². The van der Waals surface area contributed by atoms with Crippen molar-refractivity contribution in [3.63, 3.8) is 0 Å². The molecule has 1 fully saturated rings. The van der Waals surface area contributed by atoms with Crippen LogP contribution in [0, 0.1) is 0 Å². The van der Waals surface area contributed by atoms with Crippen molar-refractivity contribution in [1.29, 1.82) is 0 Å². The fourth-order valence-electron chi connectivity index (χ4n) is 3.43. The second-order valence-electron chi connectivity index (χ2n) is 7.51. The molecule has 1 saturated heterocycles. The molecule has 0 bridgehead atoms. The molecule has 1 aliphatic heterocycles. The van der Waals surface area contributed by atoms with Crippen LogP contribution < -0.4 is 4.74 Å². The number of carbonyl (C=O) groups excluding carboxylic acids is 1. The van der Waals surface area contributed by atoms with Gasteiger partial charge in [-0.1, -0.05) is 0 Å². The molecular formula is C23H29FN4O3. The van der Waals surface area contributed by atoms with Crippen LogP contribution in [0.3, 0.4) is 0 Å². The van der Waals surface area contributed by atoms with Gasteiger partial charge in [0.1, 0.15) is 23.3 Å². The van der Waals surface area contributed by atoms with Crippen LogP contribution in [0.15, 0.2) is 36.5 Å². The Bertz CT molecular complexity index is 972. The van der Waals surface area contributed by atoms with Crippen LogP contribution in [-0.4, -0.2) is 72.9 Å². The molecule has 8 heteroatoms. The lowest BCUT2D eigenvalue weighted by atomic mass is 10.1. The van der Waals surface area contributed by atoms with Crippen molar-refractivity contribution in [2.45, 2.75) is 25.4 Å². The van der Waals surface area contributed by atoms with Crippen molar-refractivity contribution < 1.29 is 18.7 Å². The molecular weight excluding hydrogens is 399 g/mol. The van der Waals surface area contributed by atoms with Gasteiger partial charge in [0.05, 0.1) is 13.7 Å². The van der Waals surface area contributed by atoms with Crippen molar-refractivity contribution in [2.24, 2.45) is 0 Å². The maximum atomic E-state index is 12.3. The summed E-state index contributed by atoms with van der Waals surface area (Å²) in [6.45, 7) is 2.42. The number of aldehydes is 1. The Morgan fingerprint density at radius 2 is 1.90 bits per heavy atom. The van der Waals surface area contributed by atoms with Crippen molar-refractivity contribution >= 4 is 17.5 Å². The van der Waals surface area contributed by atoms with E-state index in [0.29, 0.717) is 29.8 Å². The number of piperidine rings is 1. The fourth-order valence-corrected chi connectivity index (χ4v) is 3.43. The highest BCUT2D eigenvalue weighted by Crippen LogP contribution is 2.23. The van der Waals surface area contributed by atoms with E-state index in [1.807, 2.05) is 35.9 Å². The minimum atomic E-state index is -0.522. The zero-order valence-electron chi connectivity index (χ0n) is 18.3. The van der Waals surface area contributed by atoms with Crippen LogP contribution in [0.1, 0.15) is 29.0 Å². The number of imidazole rings is 1. The average Bonchev–Trinajstić information content (AvgIpc) is 3.17. The van der Waals surface area contributed by atoms with E-state index in [4.69, 9.17) is 9.47 Å². The number of methoxy groups -OCH3 is 2. The average molecular weight is 429 g/mol. The Labute approximate surface area is 181 Å². The number of pyridine rings is 1. The molecule has 2 aromatic heterocycles. The first kappa shape index (κ1) is 22.8. The lowest BCUT2D eigenvalue weighted by Crippen LogP contribution is -2.30. The highest BCUT2D eigenvalue weighted by Gasteiger charge is 2.15. The van der Waals surface area contributed by atoms with Crippen LogP contribution in [0.5, 0.6) is 5.75 Å². The normalized spacial score (nSPS) is 14.8. The minimum absolute atomic E-state index is 0.509. The molecule has 7 nitrogen and oxygen atoms in total. The predicted molar refractivity (Wildman–Crippen MR) is 118 cm³/mol. The summed E-state index contributed by atoms with van der Waals surface area (Å²) in [4.78, 5) is 22.1. The number of likely N-dealkylation sites (tertiary alicyclic amines) is 1. The molecule has 31 heavy (non-hydrogen) atoms. The van der Waals surface area contributed by atoms with E-state index in [-0.39, 0.29) is 0 Å². The monoisotopic (exact) mass is 428 g/mol. The molecule has 0 unspecified atom stereocenters. The van der Waals surface area contributed by atoms with E-state index in [0.717, 1.165) is 49.5 Å². The SMILES string of the molecule is CN1CCC(F)CC1.COCCc1nc2cc(C=O)cnc2n1-c1ccc(OC)cc1. The van der Waals surface area contributed by atoms with Crippen LogP contribution in [-0.2, 0) is 11.2 Å². The summed E-state index contributed by atoms with van der Waals surface area (Å²) < 4.78 is 24.7. The summed E-state index contributed by atoms with van der Waals surface area (Å²) in [5.41, 5.74) is 2.85. The van der Waals surface area contributed by atoms with E-state index < -0.39 is 6.17 Å². The summed E-state index contributed by atoms with van der Waals surface area (Å²) in [6.07, 6.45) is 3.92. The summed E-state index contributed by atoms with van der Waals surface area (Å²) >= 11 is 0. The highest BCUT2D eigenvalue weighted by molar-refractivity contribution is 5.83. The van der Waals surface area contributed by atoms with Crippen molar-refractivity contribution in [3.8, 4) is 11.4 Å². The number of alkyl halides is 1. The van der Waals surface area contributed by atoms with Gasteiger partial charge in [-0.05, 0) is 50.2 Å². The Morgan fingerprint density at radius 3 is 2.48 bits per heavy atom. The Morgan fingerprint density at radius 1 is 1.19 bits per heavy atom. The third-order valence-corrected chi connectivity index (χ3v) is 5.23. The second kappa shape index (κ2) is 11.0. The van der Waals surface area contributed by atoms with Gasteiger partial charge in [-0.2, -0.15) is 0 Å². The summed E-state index contributed by atoms with van der Waals surface area (Å²) in [5.74, 6) is 1.62. The van der Waals surface area contributed by atoms with Gasteiger partial charge in [0.2, 0.25) is 0 Å². The Kier molecular flexibility index (Phi) is 8.08. The summed E-state index contributed by atoms with van der Waals surface area (Å²) in [7, 11) is 5.32. The molecule has 3 heterocycles. The molecule has 0 aliphatic carbocycles. The first-order valence-corrected chi connectivity index (χ1v) is 10.3. The number of nitrogens with zero attached hydrogens (tertiary/aromatic N) is 4. The van der Waals surface area contributed by atoms with Crippen molar-refractivity contribution in [1.82, 2.24) is 19.4 Å². The number of halogens is 1. The topological polar surface area (TPSA) is 69.5 Å². The first-order chi connectivity index (χ1) is 15.0. The number of aromatic nitrogens is 3. The van der Waals surface area contributed by atoms with Gasteiger partial charge >= 0.3 is 0 Å². The number of fused-ring (bicyclic) bond motifs is 1. The second-order valence-corrected chi connectivity index (χ2v) is 7.51. The molecule has 0 radical (unpaired) electrons. The first-order valence-electron chi connectivity index (χ1n) is 10.3. The number of hydrogen-bond donors (Lipinski definition) is 0. The largest absolute Gasteiger partial charge is 0.497 e. The number of hydrogen-bond acceptors (Lipinski definition) is 6. The van der Waals surface area contributed by atoms with Crippen LogP contribution in [0.2, 0.25) is 0 Å². The molecule has 0 amide bonds. The zero-order valence-corrected chi connectivity index (χ0v) is 18.3. The van der Waals surface area contributed by atoms with E-state index in [9.17, 15) is 9.18 Å². The molecule has 0 saturated carbocycles. The van der Waals surface area contributed by atoms with Crippen LogP contribution in [0.4, 0.5) is 4.39 Å². The molecule has 1 aliphatic rings. The van der Waals surface area contributed by atoms with Gasteiger partial charge in [0.15, 0.2) is 11.9 Å². The molecule has 1 aromatic carbocycles. The molecule has 3 aromatic rings. The molecule has 166 valence electrons. The van der Waals surface area contributed by atoms with Gasteiger partial charge in [-0.25, -0.2) is 14.4 Å². The fraction of sp³-hybridized carbons (Fsp3) is 0.435. The number of rotatable bonds is 6. The molecule has 0 atom stereocenters. The number of carbonyl (C=O) groups is 1. The van der Waals surface area contributed by atoms with Crippen molar-refractivity contribution in [2.75, 3.05) is 41.0 Å². The van der Waals surface area contributed by atoms with Crippen LogP contribution in [0.25, 0.3) is 16.9 Å². The number of benzene rings is 1. The summed E-state index contributed by atoms with van der Waals surface area (Å²) in [5, 5.41) is 0. The standard InChI is InChI=1S/C17H17N3O3.C6H12FN/c1-22-8-7-16-19-15-9-12(11-21)10-18-17(15)20(16)13-3-5-14(23-2)6-4-13;1-8-4-2-6(7)3-5-8/h3-6,9-11H,7-8H2,1-2H3;6H,2-5H2,1H3. The van der Waals surface area contributed by atoms with E-state index in [1.165, 1.54) is 0 Å². The highest BCUT2D eigenvalue weighted by atomic mass is 19.1. The Hall–Kier alpha value is -2.84. The lowest BCUT2D eigenvalue weighted by molar-refractivity contribution is 0.112. The molecule has 0 N–H and O–H groups in total. The van der Waals surface area contributed by atoms with Gasteiger partial charge in [0, 0.05) is 44.1 Å². The van der Waals surface area contributed by atoms with Gasteiger partial charge in [0.25, 0.3) is 0 Å². The van der Waals surface area contributed by atoms with Gasteiger partial charge < -0.3 is 14.4 Å². The van der Waals surface area contributed by atoms with Gasteiger partial charge in [-0.15, -0.1) is 0 Å². The maximum Gasteiger partial charge on any atom is 0.164 e. The maximum absolute atomic E-state index is 12.3. The number of ether oxygens (including phenoxy) is 2. The Balaban J connectivity index is 0.000000287. The molecule has 0 spiro atoms. The van der Waals surface area contributed by atoms with E-state index in [1.54, 1.807) is 26.5 Å². The quantitative estimate of drug-likeness (QED) is 0.560. The van der Waals surface area contributed by atoms with E-state index in [2.05, 4.69) is 14.9 Å². The smallest absolute Gasteiger partial charge is 0.164 e. The van der Waals surface area contributed by atoms with E-state index >= 15 is 0 Å². The lowest BCUT2D eigenvalue weighted by Gasteiger charge is -2.23. The zero-order chi connectivity index (χ0) is 22.2. The minimum Gasteiger partial charge on any atom is -0.497 e. The third-order valence-electron chi connectivity index (χ3n) is 5.23.